The molecule has 0 aliphatic heterocycles. The van der Waals surface area contributed by atoms with Crippen molar-refractivity contribution in [2.45, 2.75) is 50.8 Å². The van der Waals surface area contributed by atoms with Gasteiger partial charge in [0, 0.05) is 10.6 Å². The zero-order valence-corrected chi connectivity index (χ0v) is 12.7. The van der Waals surface area contributed by atoms with E-state index in [-0.39, 0.29) is 6.42 Å². The van der Waals surface area contributed by atoms with Crippen LogP contribution in [-0.2, 0) is 11.2 Å². The SMILES string of the molecule is CCCCC(CC)CSc1ccc(CC(=O)O)cc1. The van der Waals surface area contributed by atoms with Gasteiger partial charge in [-0.05, 0) is 30.0 Å². The lowest BCUT2D eigenvalue weighted by Gasteiger charge is -2.13. The van der Waals surface area contributed by atoms with Crippen molar-refractivity contribution in [1.29, 1.82) is 0 Å². The van der Waals surface area contributed by atoms with Crippen LogP contribution in [0.15, 0.2) is 29.2 Å². The Bertz CT molecular complexity index is 373. The lowest BCUT2D eigenvalue weighted by molar-refractivity contribution is -0.136. The molecular formula is C16H24O2S. The van der Waals surface area contributed by atoms with Crippen LogP contribution in [0.4, 0.5) is 0 Å². The van der Waals surface area contributed by atoms with Gasteiger partial charge in [-0.25, -0.2) is 0 Å². The van der Waals surface area contributed by atoms with Crippen LogP contribution in [0.2, 0.25) is 0 Å². The van der Waals surface area contributed by atoms with Gasteiger partial charge in [-0.3, -0.25) is 4.79 Å². The van der Waals surface area contributed by atoms with Crippen LogP contribution in [-0.4, -0.2) is 16.8 Å². The predicted octanol–water partition coefficient (Wildman–Crippen LogP) is 4.62. The van der Waals surface area contributed by atoms with Crippen LogP contribution in [0.1, 0.15) is 45.1 Å². The molecular weight excluding hydrogens is 256 g/mol. The van der Waals surface area contributed by atoms with Gasteiger partial charge in [0.2, 0.25) is 0 Å². The normalized spacial score (nSPS) is 12.3. The Morgan fingerprint density at radius 2 is 1.95 bits per heavy atom. The van der Waals surface area contributed by atoms with Gasteiger partial charge in [0.25, 0.3) is 0 Å². The first-order valence-electron chi connectivity index (χ1n) is 7.09. The molecule has 1 aromatic carbocycles. The molecule has 2 nitrogen and oxygen atoms in total. The fourth-order valence-electron chi connectivity index (χ4n) is 1.99. The van der Waals surface area contributed by atoms with E-state index < -0.39 is 5.97 Å². The standard InChI is InChI=1S/C16H24O2S/c1-3-5-6-13(4-2)12-19-15-9-7-14(8-10-15)11-16(17)18/h7-10,13H,3-6,11-12H2,1-2H3,(H,17,18). The Labute approximate surface area is 120 Å². The number of carboxylic acids is 1. The third-order valence-electron chi connectivity index (χ3n) is 3.31. The fourth-order valence-corrected chi connectivity index (χ4v) is 3.15. The second-order valence-electron chi connectivity index (χ2n) is 4.94. The maximum atomic E-state index is 10.6. The number of hydrogen-bond acceptors (Lipinski definition) is 2. The van der Waals surface area contributed by atoms with Gasteiger partial charge in [-0.1, -0.05) is 45.2 Å². The van der Waals surface area contributed by atoms with Crippen molar-refractivity contribution in [1.82, 2.24) is 0 Å². The highest BCUT2D eigenvalue weighted by Crippen LogP contribution is 2.25. The molecule has 0 aromatic heterocycles. The summed E-state index contributed by atoms with van der Waals surface area (Å²) in [6.07, 6.45) is 5.25. The zero-order chi connectivity index (χ0) is 14.1. The molecule has 0 aliphatic carbocycles. The molecule has 0 saturated carbocycles. The van der Waals surface area contributed by atoms with Gasteiger partial charge >= 0.3 is 5.97 Å². The Hall–Kier alpha value is -0.960. The van der Waals surface area contributed by atoms with Crippen LogP contribution in [0.3, 0.4) is 0 Å². The van der Waals surface area contributed by atoms with Gasteiger partial charge < -0.3 is 5.11 Å². The summed E-state index contributed by atoms with van der Waals surface area (Å²) in [5.74, 6) is 1.18. The molecule has 1 atom stereocenters. The number of carboxylic acid groups (broad SMARTS) is 1. The molecule has 106 valence electrons. The maximum absolute atomic E-state index is 10.6. The Morgan fingerprint density at radius 3 is 2.47 bits per heavy atom. The third kappa shape index (κ3) is 6.67. The van der Waals surface area contributed by atoms with Crippen molar-refractivity contribution < 1.29 is 9.90 Å². The number of aliphatic carboxylic acids is 1. The molecule has 1 unspecified atom stereocenters. The Balaban J connectivity index is 2.41. The molecule has 0 aliphatic rings. The minimum atomic E-state index is -0.772. The van der Waals surface area contributed by atoms with Crippen LogP contribution in [0.25, 0.3) is 0 Å². The van der Waals surface area contributed by atoms with E-state index in [0.29, 0.717) is 0 Å². The fraction of sp³-hybridized carbons (Fsp3) is 0.562. The summed E-state index contributed by atoms with van der Waals surface area (Å²) >= 11 is 1.88. The third-order valence-corrected chi connectivity index (χ3v) is 4.55. The molecule has 0 fully saturated rings. The smallest absolute Gasteiger partial charge is 0.307 e. The Morgan fingerprint density at radius 1 is 1.26 bits per heavy atom. The largest absolute Gasteiger partial charge is 0.481 e. The molecule has 0 amide bonds. The zero-order valence-electron chi connectivity index (χ0n) is 11.9. The summed E-state index contributed by atoms with van der Waals surface area (Å²) in [4.78, 5) is 11.8. The molecule has 3 heteroatoms. The van der Waals surface area contributed by atoms with E-state index in [9.17, 15) is 4.79 Å². The number of thioether (sulfide) groups is 1. The van der Waals surface area contributed by atoms with Gasteiger partial charge in [-0.15, -0.1) is 11.8 Å². The summed E-state index contributed by atoms with van der Waals surface area (Å²) in [7, 11) is 0. The second-order valence-corrected chi connectivity index (χ2v) is 6.04. The topological polar surface area (TPSA) is 37.3 Å². The van der Waals surface area contributed by atoms with Crippen LogP contribution in [0.5, 0.6) is 0 Å². The number of carbonyl (C=O) groups is 1. The molecule has 0 bridgehead atoms. The molecule has 1 rings (SSSR count). The summed E-state index contributed by atoms with van der Waals surface area (Å²) in [6, 6.07) is 7.91. The highest BCUT2D eigenvalue weighted by Gasteiger charge is 2.07. The van der Waals surface area contributed by atoms with Crippen molar-refractivity contribution in [3.63, 3.8) is 0 Å². The van der Waals surface area contributed by atoms with Crippen LogP contribution in [0, 0.1) is 5.92 Å². The van der Waals surface area contributed by atoms with Gasteiger partial charge in [0.1, 0.15) is 0 Å². The van der Waals surface area contributed by atoms with Crippen molar-refractivity contribution in [3.8, 4) is 0 Å². The summed E-state index contributed by atoms with van der Waals surface area (Å²) < 4.78 is 0. The van der Waals surface area contributed by atoms with E-state index in [1.165, 1.54) is 30.6 Å². The first-order chi connectivity index (χ1) is 9.15. The minimum Gasteiger partial charge on any atom is -0.481 e. The van der Waals surface area contributed by atoms with Gasteiger partial charge in [0.05, 0.1) is 6.42 Å². The average Bonchev–Trinajstić information content (AvgIpc) is 2.40. The van der Waals surface area contributed by atoms with E-state index in [0.717, 1.165) is 17.2 Å². The van der Waals surface area contributed by atoms with E-state index in [4.69, 9.17) is 5.11 Å². The average molecular weight is 280 g/mol. The predicted molar refractivity (Wildman–Crippen MR) is 81.8 cm³/mol. The monoisotopic (exact) mass is 280 g/mol. The molecule has 19 heavy (non-hydrogen) atoms. The van der Waals surface area contributed by atoms with Crippen LogP contribution < -0.4 is 0 Å². The quantitative estimate of drug-likeness (QED) is 0.670. The number of rotatable bonds is 9. The van der Waals surface area contributed by atoms with Crippen molar-refractivity contribution in [3.05, 3.63) is 29.8 Å². The lowest BCUT2D eigenvalue weighted by Crippen LogP contribution is -2.02. The van der Waals surface area contributed by atoms with E-state index >= 15 is 0 Å². The summed E-state index contributed by atoms with van der Waals surface area (Å²) in [6.45, 7) is 4.50. The number of benzene rings is 1. The van der Waals surface area contributed by atoms with Crippen molar-refractivity contribution >= 4 is 17.7 Å². The maximum Gasteiger partial charge on any atom is 0.307 e. The van der Waals surface area contributed by atoms with E-state index in [1.54, 1.807) is 0 Å². The lowest BCUT2D eigenvalue weighted by atomic mass is 10.0. The number of hydrogen-bond donors (Lipinski definition) is 1. The number of unbranched alkanes of at least 4 members (excludes halogenated alkanes) is 1. The minimum absolute atomic E-state index is 0.110. The van der Waals surface area contributed by atoms with E-state index in [2.05, 4.69) is 13.8 Å². The Kier molecular flexibility index (Phi) is 7.65. The second kappa shape index (κ2) is 9.03. The molecule has 1 aromatic rings. The highest BCUT2D eigenvalue weighted by molar-refractivity contribution is 7.99. The summed E-state index contributed by atoms with van der Waals surface area (Å²) in [5, 5.41) is 8.72. The molecule has 0 spiro atoms. The van der Waals surface area contributed by atoms with Crippen molar-refractivity contribution in [2.24, 2.45) is 5.92 Å². The molecule has 0 heterocycles. The van der Waals surface area contributed by atoms with Gasteiger partial charge in [0.15, 0.2) is 0 Å². The molecule has 1 N–H and O–H groups in total. The first kappa shape index (κ1) is 16.1. The van der Waals surface area contributed by atoms with E-state index in [1.807, 2.05) is 36.0 Å². The molecule has 0 radical (unpaired) electrons. The first-order valence-corrected chi connectivity index (χ1v) is 8.07. The van der Waals surface area contributed by atoms with Crippen molar-refractivity contribution in [2.75, 3.05) is 5.75 Å². The summed E-state index contributed by atoms with van der Waals surface area (Å²) in [5.41, 5.74) is 0.870. The van der Waals surface area contributed by atoms with Crippen LogP contribution >= 0.6 is 11.8 Å². The van der Waals surface area contributed by atoms with Gasteiger partial charge in [-0.2, -0.15) is 0 Å². The highest BCUT2D eigenvalue weighted by atomic mass is 32.2. The molecule has 0 saturated heterocycles.